The van der Waals surface area contributed by atoms with E-state index >= 15 is 0 Å². The van der Waals surface area contributed by atoms with Crippen molar-refractivity contribution in [3.05, 3.63) is 114 Å². The second kappa shape index (κ2) is 13.0. The number of primary amides is 1. The van der Waals surface area contributed by atoms with Crippen molar-refractivity contribution in [3.63, 3.8) is 0 Å². The number of halogens is 1. The summed E-state index contributed by atoms with van der Waals surface area (Å²) in [6.07, 6.45) is 5.66. The maximum Gasteiger partial charge on any atom is 0.255 e. The van der Waals surface area contributed by atoms with Gasteiger partial charge in [0.2, 0.25) is 11.9 Å². The molecule has 0 saturated heterocycles. The lowest BCUT2D eigenvalue weighted by Crippen LogP contribution is -2.14. The van der Waals surface area contributed by atoms with Gasteiger partial charge in [-0.25, -0.2) is 9.37 Å². The molecule has 44 heavy (non-hydrogen) atoms. The van der Waals surface area contributed by atoms with E-state index in [2.05, 4.69) is 25.9 Å². The molecule has 0 aliphatic heterocycles. The smallest absolute Gasteiger partial charge is 0.255 e. The van der Waals surface area contributed by atoms with Gasteiger partial charge in [-0.15, -0.1) is 0 Å². The average molecular weight is 593 g/mol. The van der Waals surface area contributed by atoms with E-state index in [4.69, 9.17) is 5.73 Å². The van der Waals surface area contributed by atoms with Gasteiger partial charge in [0.1, 0.15) is 0 Å². The molecule has 5 N–H and O–H groups in total. The Morgan fingerprint density at radius 2 is 1.68 bits per heavy atom. The molecule has 0 aliphatic rings. The number of hydrogen-bond donors (Lipinski definition) is 4. The number of carbonyl (C=O) groups is 3. The summed E-state index contributed by atoms with van der Waals surface area (Å²) < 4.78 is 16.4. The summed E-state index contributed by atoms with van der Waals surface area (Å²) in [4.78, 5) is 47.5. The van der Waals surface area contributed by atoms with Gasteiger partial charge < -0.3 is 26.6 Å². The van der Waals surface area contributed by atoms with Gasteiger partial charge in [-0.05, 0) is 56.6 Å². The minimum Gasteiger partial charge on any atom is -0.366 e. The SMILES string of the molecule is CN(C)CC=CC(=O)Nc1cccc(C(=O)Nc2cccc(Nc3ncc(F)c(-n4cc(C(N)=O)c5ccccc54)n3)c2)c1. The molecule has 3 aromatic carbocycles. The second-order valence-electron chi connectivity index (χ2n) is 10.1. The third-order valence-electron chi connectivity index (χ3n) is 6.44. The summed E-state index contributed by atoms with van der Waals surface area (Å²) in [5.74, 6) is -2.01. The largest absolute Gasteiger partial charge is 0.366 e. The Labute approximate surface area is 252 Å². The Hall–Kier alpha value is -5.88. The zero-order valence-corrected chi connectivity index (χ0v) is 23.9. The highest BCUT2D eigenvalue weighted by Crippen LogP contribution is 2.26. The number of amides is 3. The first-order valence-electron chi connectivity index (χ1n) is 13.5. The van der Waals surface area contributed by atoms with Crippen LogP contribution in [0.5, 0.6) is 0 Å². The van der Waals surface area contributed by atoms with Crippen LogP contribution in [-0.2, 0) is 4.79 Å². The molecule has 0 saturated carbocycles. The number of rotatable bonds is 10. The van der Waals surface area contributed by atoms with Crippen LogP contribution in [0.4, 0.5) is 27.4 Å². The minimum absolute atomic E-state index is 0.0733. The highest BCUT2D eigenvalue weighted by Gasteiger charge is 2.18. The number of nitrogens with one attached hydrogen (secondary N) is 3. The normalized spacial score (nSPS) is 11.2. The van der Waals surface area contributed by atoms with Crippen molar-refractivity contribution >= 4 is 51.6 Å². The Balaban J connectivity index is 1.31. The number of carbonyl (C=O) groups excluding carboxylic acids is 3. The van der Waals surface area contributed by atoms with Gasteiger partial charge in [0.25, 0.3) is 11.8 Å². The molecule has 0 spiro atoms. The van der Waals surface area contributed by atoms with Gasteiger partial charge in [-0.2, -0.15) is 4.98 Å². The predicted molar refractivity (Wildman–Crippen MR) is 168 cm³/mol. The van der Waals surface area contributed by atoms with Crippen molar-refractivity contribution in [1.82, 2.24) is 19.4 Å². The molecule has 0 fully saturated rings. The predicted octanol–water partition coefficient (Wildman–Crippen LogP) is 4.71. The molecule has 0 aliphatic carbocycles. The Morgan fingerprint density at radius 1 is 0.955 bits per heavy atom. The van der Waals surface area contributed by atoms with Crippen LogP contribution in [0.3, 0.4) is 0 Å². The monoisotopic (exact) mass is 592 g/mol. The fourth-order valence-electron chi connectivity index (χ4n) is 4.44. The Morgan fingerprint density at radius 3 is 2.45 bits per heavy atom. The summed E-state index contributed by atoms with van der Waals surface area (Å²) in [6, 6.07) is 20.4. The molecular formula is C32H29FN8O3. The zero-order chi connectivity index (χ0) is 31.2. The molecule has 12 heteroatoms. The van der Waals surface area contributed by atoms with Gasteiger partial charge in [-0.1, -0.05) is 36.4 Å². The van der Waals surface area contributed by atoms with Crippen molar-refractivity contribution < 1.29 is 18.8 Å². The van der Waals surface area contributed by atoms with Gasteiger partial charge in [0.15, 0.2) is 11.6 Å². The fourth-order valence-corrected chi connectivity index (χ4v) is 4.44. The first kappa shape index (κ1) is 29.6. The average Bonchev–Trinajstić information content (AvgIpc) is 3.38. The topological polar surface area (TPSA) is 147 Å². The van der Waals surface area contributed by atoms with Crippen LogP contribution in [-0.4, -0.2) is 57.8 Å². The number of para-hydroxylation sites is 1. The van der Waals surface area contributed by atoms with Crippen LogP contribution in [0.1, 0.15) is 20.7 Å². The van der Waals surface area contributed by atoms with Gasteiger partial charge >= 0.3 is 0 Å². The summed E-state index contributed by atoms with van der Waals surface area (Å²) in [5, 5.41) is 9.17. The molecule has 222 valence electrons. The molecule has 11 nitrogen and oxygen atoms in total. The number of anilines is 4. The van der Waals surface area contributed by atoms with Crippen molar-refractivity contribution in [2.45, 2.75) is 0 Å². The first-order chi connectivity index (χ1) is 21.2. The van der Waals surface area contributed by atoms with Gasteiger partial charge in [0, 0.05) is 46.8 Å². The number of hydrogen-bond acceptors (Lipinski definition) is 7. The van der Waals surface area contributed by atoms with E-state index in [0.29, 0.717) is 40.1 Å². The lowest BCUT2D eigenvalue weighted by molar-refractivity contribution is -0.111. The van der Waals surface area contributed by atoms with Crippen LogP contribution in [0.25, 0.3) is 16.7 Å². The summed E-state index contributed by atoms with van der Waals surface area (Å²) in [7, 11) is 3.80. The number of fused-ring (bicyclic) bond motifs is 1. The molecule has 5 aromatic rings. The highest BCUT2D eigenvalue weighted by molar-refractivity contribution is 6.07. The number of nitrogens with zero attached hydrogens (tertiary/aromatic N) is 4. The minimum atomic E-state index is -0.698. The van der Waals surface area contributed by atoms with Crippen molar-refractivity contribution in [2.24, 2.45) is 5.73 Å². The van der Waals surface area contributed by atoms with E-state index in [-0.39, 0.29) is 29.1 Å². The third kappa shape index (κ3) is 6.94. The molecule has 2 aromatic heterocycles. The second-order valence-corrected chi connectivity index (χ2v) is 10.1. The van der Waals surface area contributed by atoms with Crippen LogP contribution in [0.15, 0.2) is 97.3 Å². The molecule has 2 heterocycles. The zero-order valence-electron chi connectivity index (χ0n) is 23.9. The maximum absolute atomic E-state index is 14.9. The standard InChI is InChI=1S/C32H29FN8O3/c1-40(2)15-7-14-28(42)36-21-9-5-8-20(16-21)31(44)37-22-10-6-11-23(17-22)38-32-35-18-26(33)30(39-32)41-19-25(29(34)43)24-12-3-4-13-27(24)41/h3-14,16-19H,15H2,1-2H3,(H2,34,43)(H,36,42)(H,37,44)(H,35,38,39). The summed E-state index contributed by atoms with van der Waals surface area (Å²) >= 11 is 0. The maximum atomic E-state index is 14.9. The quantitative estimate of drug-likeness (QED) is 0.172. The summed E-state index contributed by atoms with van der Waals surface area (Å²) in [6.45, 7) is 0.625. The number of aromatic nitrogens is 3. The van der Waals surface area contributed by atoms with E-state index in [1.54, 1.807) is 78.9 Å². The Kier molecular flexibility index (Phi) is 8.72. The number of likely N-dealkylation sites (N-methyl/N-ethyl adjacent to an activating group) is 1. The molecule has 0 bridgehead atoms. The molecular weight excluding hydrogens is 563 g/mol. The van der Waals surface area contributed by atoms with E-state index in [9.17, 15) is 18.8 Å². The van der Waals surface area contributed by atoms with Gasteiger partial charge in [-0.3, -0.25) is 19.0 Å². The molecule has 5 rings (SSSR count). The molecule has 3 amide bonds. The third-order valence-corrected chi connectivity index (χ3v) is 6.44. The lowest BCUT2D eigenvalue weighted by atomic mass is 10.1. The lowest BCUT2D eigenvalue weighted by Gasteiger charge is -2.11. The van der Waals surface area contributed by atoms with Crippen LogP contribution < -0.4 is 21.7 Å². The fraction of sp³-hybridized carbons (Fsp3) is 0.0938. The van der Waals surface area contributed by atoms with Crippen molar-refractivity contribution in [1.29, 1.82) is 0 Å². The van der Waals surface area contributed by atoms with E-state index < -0.39 is 11.7 Å². The molecule has 0 radical (unpaired) electrons. The number of benzene rings is 3. The van der Waals surface area contributed by atoms with Crippen LogP contribution in [0, 0.1) is 5.82 Å². The Bertz CT molecular complexity index is 1900. The van der Waals surface area contributed by atoms with Crippen molar-refractivity contribution in [2.75, 3.05) is 36.6 Å². The van der Waals surface area contributed by atoms with Gasteiger partial charge in [0.05, 0.1) is 17.3 Å². The van der Waals surface area contributed by atoms with E-state index in [1.165, 1.54) is 16.8 Å². The van der Waals surface area contributed by atoms with Crippen molar-refractivity contribution in [3.8, 4) is 5.82 Å². The molecule has 0 unspecified atom stereocenters. The highest BCUT2D eigenvalue weighted by atomic mass is 19.1. The molecule has 0 atom stereocenters. The van der Waals surface area contributed by atoms with Crippen LogP contribution in [0.2, 0.25) is 0 Å². The van der Waals surface area contributed by atoms with E-state index in [0.717, 1.165) is 6.20 Å². The first-order valence-corrected chi connectivity index (χ1v) is 13.5. The van der Waals surface area contributed by atoms with E-state index in [1.807, 2.05) is 19.0 Å². The number of nitrogens with two attached hydrogens (primary N) is 1. The van der Waals surface area contributed by atoms with Crippen LogP contribution >= 0.6 is 0 Å². The summed E-state index contributed by atoms with van der Waals surface area (Å²) in [5.41, 5.74) is 8.16.